The van der Waals surface area contributed by atoms with Crippen LogP contribution < -0.4 is 0 Å². The van der Waals surface area contributed by atoms with Gasteiger partial charge in [0.2, 0.25) is 5.78 Å². The summed E-state index contributed by atoms with van der Waals surface area (Å²) >= 11 is 8.68. The average Bonchev–Trinajstić information content (AvgIpc) is 2.32. The molecule has 0 aliphatic rings. The van der Waals surface area contributed by atoms with Gasteiger partial charge in [-0.3, -0.25) is 4.79 Å². The molecule has 0 atom stereocenters. The Bertz CT molecular complexity index is 491. The van der Waals surface area contributed by atoms with Gasteiger partial charge in [0.15, 0.2) is 0 Å². The lowest BCUT2D eigenvalue weighted by Crippen LogP contribution is -2.39. The molecule has 0 N–H and O–H groups in total. The summed E-state index contributed by atoms with van der Waals surface area (Å²) in [6.45, 7) is 1.14. The van der Waals surface area contributed by atoms with Gasteiger partial charge in [0.25, 0.3) is 0 Å². The molecule has 0 fully saturated rings. The molecule has 18 heavy (non-hydrogen) atoms. The first-order valence-electron chi connectivity index (χ1n) is 4.85. The third kappa shape index (κ3) is 3.05. The van der Waals surface area contributed by atoms with Crippen molar-refractivity contribution in [3.8, 4) is 0 Å². The van der Waals surface area contributed by atoms with E-state index in [9.17, 15) is 18.4 Å². The van der Waals surface area contributed by atoms with Gasteiger partial charge in [0.1, 0.15) is 0 Å². The van der Waals surface area contributed by atoms with Gasteiger partial charge in [-0.2, -0.15) is 8.78 Å². The highest BCUT2D eigenvalue weighted by Crippen LogP contribution is 2.27. The Labute approximate surface area is 115 Å². The molecule has 0 aromatic heterocycles. The van der Waals surface area contributed by atoms with Gasteiger partial charge in [-0.15, -0.1) is 0 Å². The quantitative estimate of drug-likeness (QED) is 0.478. The van der Waals surface area contributed by atoms with E-state index in [4.69, 9.17) is 11.6 Å². The summed E-state index contributed by atoms with van der Waals surface area (Å²) in [6, 6.07) is 3.51. The standard InChI is InChI=1S/C11H8BrClF2O3/c1-2-18-10(17)11(14,15)9(16)6-3-4-8(13)7(12)5-6/h3-5H,2H2,1H3. The topological polar surface area (TPSA) is 43.4 Å². The molecule has 3 nitrogen and oxygen atoms in total. The van der Waals surface area contributed by atoms with Gasteiger partial charge >= 0.3 is 11.9 Å². The predicted molar refractivity (Wildman–Crippen MR) is 65.1 cm³/mol. The Morgan fingerprint density at radius 2 is 2.06 bits per heavy atom. The Balaban J connectivity index is 3.05. The van der Waals surface area contributed by atoms with Gasteiger partial charge in [-0.1, -0.05) is 11.6 Å². The second kappa shape index (κ2) is 5.75. The number of alkyl halides is 2. The zero-order chi connectivity index (χ0) is 13.9. The number of ether oxygens (including phenoxy) is 1. The fourth-order valence-corrected chi connectivity index (χ4v) is 1.63. The van der Waals surface area contributed by atoms with E-state index in [-0.39, 0.29) is 21.7 Å². The molecule has 7 heteroatoms. The van der Waals surface area contributed by atoms with Crippen molar-refractivity contribution in [2.24, 2.45) is 0 Å². The molecular weight excluding hydrogens is 333 g/mol. The van der Waals surface area contributed by atoms with Crippen LogP contribution in [0.1, 0.15) is 17.3 Å². The van der Waals surface area contributed by atoms with E-state index < -0.39 is 17.7 Å². The van der Waals surface area contributed by atoms with Crippen molar-refractivity contribution in [2.75, 3.05) is 6.61 Å². The molecule has 0 aliphatic heterocycles. The number of carbonyl (C=O) groups excluding carboxylic acids is 2. The lowest BCUT2D eigenvalue weighted by Gasteiger charge is -2.13. The van der Waals surface area contributed by atoms with Crippen molar-refractivity contribution in [3.63, 3.8) is 0 Å². The highest BCUT2D eigenvalue weighted by molar-refractivity contribution is 9.10. The minimum atomic E-state index is -4.21. The second-order valence-corrected chi connectivity index (χ2v) is 4.51. The van der Waals surface area contributed by atoms with Crippen molar-refractivity contribution in [2.45, 2.75) is 12.8 Å². The number of rotatable bonds is 4. The number of halogens is 4. The Kier molecular flexibility index (Phi) is 4.81. The highest BCUT2D eigenvalue weighted by atomic mass is 79.9. The fourth-order valence-electron chi connectivity index (χ4n) is 1.13. The molecular formula is C11H8BrClF2O3. The van der Waals surface area contributed by atoms with E-state index in [0.717, 1.165) is 12.1 Å². The normalized spacial score (nSPS) is 11.2. The molecule has 0 amide bonds. The summed E-state index contributed by atoms with van der Waals surface area (Å²) in [6.07, 6.45) is 0. The SMILES string of the molecule is CCOC(=O)C(F)(F)C(=O)c1ccc(Cl)c(Br)c1. The predicted octanol–water partition coefficient (Wildman–Crippen LogP) is 3.48. The van der Waals surface area contributed by atoms with Crippen LogP contribution >= 0.6 is 27.5 Å². The number of ketones is 1. The Hall–Kier alpha value is -1.01. The van der Waals surface area contributed by atoms with Gasteiger partial charge in [-0.05, 0) is 41.1 Å². The second-order valence-electron chi connectivity index (χ2n) is 3.25. The first-order valence-corrected chi connectivity index (χ1v) is 6.02. The molecule has 1 aromatic rings. The van der Waals surface area contributed by atoms with Crippen molar-refractivity contribution < 1.29 is 23.1 Å². The maximum absolute atomic E-state index is 13.4. The molecule has 0 radical (unpaired) electrons. The molecule has 0 bridgehead atoms. The zero-order valence-electron chi connectivity index (χ0n) is 9.18. The van der Waals surface area contributed by atoms with Crippen LogP contribution in [0, 0.1) is 0 Å². The molecule has 0 saturated heterocycles. The smallest absolute Gasteiger partial charge is 0.404 e. The molecule has 0 saturated carbocycles. The number of benzene rings is 1. The van der Waals surface area contributed by atoms with E-state index >= 15 is 0 Å². The van der Waals surface area contributed by atoms with E-state index in [0.29, 0.717) is 0 Å². The largest absolute Gasteiger partial charge is 0.461 e. The summed E-state index contributed by atoms with van der Waals surface area (Å²) in [5.74, 6) is -7.69. The van der Waals surface area contributed by atoms with Crippen molar-refractivity contribution >= 4 is 39.3 Å². The van der Waals surface area contributed by atoms with Crippen molar-refractivity contribution in [1.29, 1.82) is 0 Å². The van der Waals surface area contributed by atoms with Gasteiger partial charge in [0.05, 0.1) is 11.6 Å². The van der Waals surface area contributed by atoms with E-state index in [2.05, 4.69) is 20.7 Å². The number of hydrogen-bond donors (Lipinski definition) is 0. The van der Waals surface area contributed by atoms with Crippen LogP contribution in [-0.2, 0) is 9.53 Å². The minimum absolute atomic E-state index is 0.230. The third-order valence-electron chi connectivity index (χ3n) is 2.00. The van der Waals surface area contributed by atoms with Crippen LogP contribution in [0.15, 0.2) is 22.7 Å². The summed E-state index contributed by atoms with van der Waals surface area (Å²) < 4.78 is 31.3. The van der Waals surface area contributed by atoms with Gasteiger partial charge in [-0.25, -0.2) is 4.79 Å². The van der Waals surface area contributed by atoms with Crippen LogP contribution in [0.25, 0.3) is 0 Å². The highest BCUT2D eigenvalue weighted by Gasteiger charge is 2.49. The third-order valence-corrected chi connectivity index (χ3v) is 3.21. The molecule has 1 rings (SSSR count). The van der Waals surface area contributed by atoms with Crippen LogP contribution in [-0.4, -0.2) is 24.3 Å². The van der Waals surface area contributed by atoms with Gasteiger partial charge < -0.3 is 4.74 Å². The zero-order valence-corrected chi connectivity index (χ0v) is 11.5. The summed E-state index contributed by atoms with van der Waals surface area (Å²) in [5, 5.41) is 0.269. The molecule has 0 heterocycles. The lowest BCUT2D eigenvalue weighted by molar-refractivity contribution is -0.164. The van der Waals surface area contributed by atoms with E-state index in [1.54, 1.807) is 0 Å². The first kappa shape index (κ1) is 15.0. The van der Waals surface area contributed by atoms with E-state index in [1.807, 2.05) is 0 Å². The van der Waals surface area contributed by atoms with Crippen LogP contribution in [0.2, 0.25) is 5.02 Å². The maximum atomic E-state index is 13.4. The first-order chi connectivity index (χ1) is 8.30. The molecule has 98 valence electrons. The van der Waals surface area contributed by atoms with Gasteiger partial charge in [0, 0.05) is 10.0 Å². The van der Waals surface area contributed by atoms with Crippen molar-refractivity contribution in [3.05, 3.63) is 33.3 Å². The minimum Gasteiger partial charge on any atom is -0.461 e. The maximum Gasteiger partial charge on any atom is 0.404 e. The fraction of sp³-hybridized carbons (Fsp3) is 0.273. The van der Waals surface area contributed by atoms with Crippen LogP contribution in [0.3, 0.4) is 0 Å². The van der Waals surface area contributed by atoms with E-state index in [1.165, 1.54) is 13.0 Å². The molecule has 0 aliphatic carbocycles. The number of carbonyl (C=O) groups is 2. The molecule has 0 unspecified atom stereocenters. The average molecular weight is 342 g/mol. The Morgan fingerprint density at radius 1 is 1.44 bits per heavy atom. The Morgan fingerprint density at radius 3 is 2.56 bits per heavy atom. The summed E-state index contributed by atoms with van der Waals surface area (Å²) in [4.78, 5) is 22.5. The summed E-state index contributed by atoms with van der Waals surface area (Å²) in [5.41, 5.74) is -0.329. The number of Topliss-reactive ketones (excluding diaryl/α,β-unsaturated/α-hetero) is 1. The van der Waals surface area contributed by atoms with Crippen LogP contribution in [0.4, 0.5) is 8.78 Å². The number of esters is 1. The molecule has 1 aromatic carbocycles. The monoisotopic (exact) mass is 340 g/mol. The molecule has 0 spiro atoms. The van der Waals surface area contributed by atoms with Crippen molar-refractivity contribution in [1.82, 2.24) is 0 Å². The van der Waals surface area contributed by atoms with Crippen LogP contribution in [0.5, 0.6) is 0 Å². The number of hydrogen-bond acceptors (Lipinski definition) is 3. The lowest BCUT2D eigenvalue weighted by atomic mass is 10.1. The summed E-state index contributed by atoms with van der Waals surface area (Å²) in [7, 11) is 0.